The Hall–Kier alpha value is -2.17. The largest absolute Gasteiger partial charge is 0.436 e. The molecule has 0 aliphatic heterocycles. The van der Waals surface area contributed by atoms with Crippen molar-refractivity contribution < 1.29 is 9.21 Å². The highest BCUT2D eigenvalue weighted by Gasteiger charge is 2.15. The Morgan fingerprint density at radius 3 is 2.88 bits per heavy atom. The van der Waals surface area contributed by atoms with Crippen molar-refractivity contribution in [3.8, 4) is 0 Å². The molecule has 0 aliphatic carbocycles. The number of carbonyl (C=O) groups is 1. The predicted octanol–water partition coefficient (Wildman–Crippen LogP) is 1.62. The molecule has 0 fully saturated rings. The van der Waals surface area contributed by atoms with Crippen LogP contribution in [0, 0.1) is 13.8 Å². The number of aryl methyl sites for hydroxylation is 2. The van der Waals surface area contributed by atoms with Crippen LogP contribution in [-0.4, -0.2) is 15.9 Å². The van der Waals surface area contributed by atoms with Crippen LogP contribution in [0.1, 0.15) is 27.7 Å². The molecule has 5 heteroatoms. The van der Waals surface area contributed by atoms with Gasteiger partial charge in [0, 0.05) is 25.9 Å². The lowest BCUT2D eigenvalue weighted by Crippen LogP contribution is -2.23. The molecule has 0 bridgehead atoms. The van der Waals surface area contributed by atoms with Gasteiger partial charge in [0.25, 0.3) is 5.91 Å². The first kappa shape index (κ1) is 11.3. The molecule has 1 N–H and O–H groups in total. The highest BCUT2D eigenvalue weighted by molar-refractivity contribution is 5.92. The van der Waals surface area contributed by atoms with Crippen LogP contribution in [0.2, 0.25) is 0 Å². The first-order valence-electron chi connectivity index (χ1n) is 5.28. The third-order valence-corrected chi connectivity index (χ3v) is 2.29. The lowest BCUT2D eigenvalue weighted by atomic mass is 10.3. The van der Waals surface area contributed by atoms with E-state index in [2.05, 4.69) is 15.3 Å². The molecule has 0 atom stereocenters. The van der Waals surface area contributed by atoms with Crippen LogP contribution >= 0.6 is 0 Å². The summed E-state index contributed by atoms with van der Waals surface area (Å²) in [5.74, 6) is 0.507. The van der Waals surface area contributed by atoms with Gasteiger partial charge in [0.05, 0.1) is 5.69 Å². The van der Waals surface area contributed by atoms with Crippen molar-refractivity contribution in [1.29, 1.82) is 0 Å². The number of nitrogens with one attached hydrogen (secondary N) is 1. The minimum absolute atomic E-state index is 0.257. The maximum absolute atomic E-state index is 11.8. The third-order valence-electron chi connectivity index (χ3n) is 2.29. The van der Waals surface area contributed by atoms with Crippen LogP contribution in [0.3, 0.4) is 0 Å². The molecule has 1 amide bonds. The van der Waals surface area contributed by atoms with E-state index in [0.717, 1.165) is 5.56 Å². The molecule has 0 aromatic carbocycles. The van der Waals surface area contributed by atoms with Gasteiger partial charge in [-0.2, -0.15) is 0 Å². The molecule has 0 saturated carbocycles. The molecule has 2 heterocycles. The molecule has 0 saturated heterocycles. The molecule has 88 valence electrons. The standard InChI is InChI=1S/C12H13N3O2/c1-8-11(17-9(2)15-8)12(16)14-7-10-4-3-5-13-6-10/h3-6H,7H2,1-2H3,(H,14,16). The van der Waals surface area contributed by atoms with Crippen molar-refractivity contribution in [3.05, 3.63) is 47.4 Å². The zero-order chi connectivity index (χ0) is 12.3. The molecule has 0 radical (unpaired) electrons. The molecule has 2 rings (SSSR count). The summed E-state index contributed by atoms with van der Waals surface area (Å²) in [6.45, 7) is 3.88. The monoisotopic (exact) mass is 231 g/mol. The number of oxazole rings is 1. The second-order valence-corrected chi connectivity index (χ2v) is 3.69. The number of amides is 1. The molecule has 0 unspecified atom stereocenters. The van der Waals surface area contributed by atoms with Gasteiger partial charge >= 0.3 is 0 Å². The number of rotatable bonds is 3. The summed E-state index contributed by atoms with van der Waals surface area (Å²) in [7, 11) is 0. The molecule has 0 spiro atoms. The lowest BCUT2D eigenvalue weighted by molar-refractivity contribution is 0.0921. The summed E-state index contributed by atoms with van der Waals surface area (Å²) < 4.78 is 5.23. The Kier molecular flexibility index (Phi) is 3.18. The summed E-state index contributed by atoms with van der Waals surface area (Å²) >= 11 is 0. The average Bonchev–Trinajstić information content (AvgIpc) is 2.67. The van der Waals surface area contributed by atoms with E-state index in [1.165, 1.54) is 0 Å². The summed E-state index contributed by atoms with van der Waals surface area (Å²) in [6.07, 6.45) is 3.40. The van der Waals surface area contributed by atoms with Crippen LogP contribution in [0.15, 0.2) is 28.9 Å². The number of carbonyl (C=O) groups excluding carboxylic acids is 1. The number of pyridine rings is 1. The Morgan fingerprint density at radius 2 is 2.29 bits per heavy atom. The molecule has 5 nitrogen and oxygen atoms in total. The predicted molar refractivity (Wildman–Crippen MR) is 61.4 cm³/mol. The third kappa shape index (κ3) is 2.69. The molecule has 2 aromatic heterocycles. The van der Waals surface area contributed by atoms with Gasteiger partial charge in [0.15, 0.2) is 5.89 Å². The van der Waals surface area contributed by atoms with Gasteiger partial charge in [0.1, 0.15) is 0 Å². The van der Waals surface area contributed by atoms with Gasteiger partial charge in [-0.05, 0) is 18.6 Å². The van der Waals surface area contributed by atoms with Crippen LogP contribution in [-0.2, 0) is 6.54 Å². The van der Waals surface area contributed by atoms with Crippen molar-refractivity contribution in [1.82, 2.24) is 15.3 Å². The first-order chi connectivity index (χ1) is 8.16. The quantitative estimate of drug-likeness (QED) is 0.871. The molecular formula is C12H13N3O2. The van der Waals surface area contributed by atoms with Crippen LogP contribution < -0.4 is 5.32 Å². The summed E-state index contributed by atoms with van der Waals surface area (Å²) in [5.41, 5.74) is 1.54. The van der Waals surface area contributed by atoms with Gasteiger partial charge in [-0.25, -0.2) is 4.98 Å². The van der Waals surface area contributed by atoms with Crippen molar-refractivity contribution >= 4 is 5.91 Å². The summed E-state index contributed by atoms with van der Waals surface area (Å²) in [4.78, 5) is 19.8. The molecule has 17 heavy (non-hydrogen) atoms. The number of nitrogens with zero attached hydrogens (tertiary/aromatic N) is 2. The van der Waals surface area contributed by atoms with Gasteiger partial charge in [0.2, 0.25) is 5.76 Å². The van der Waals surface area contributed by atoms with Gasteiger partial charge in [-0.15, -0.1) is 0 Å². The fraction of sp³-hybridized carbons (Fsp3) is 0.250. The van der Waals surface area contributed by atoms with E-state index in [1.54, 1.807) is 26.2 Å². The Labute approximate surface area is 98.9 Å². The maximum atomic E-state index is 11.8. The highest BCUT2D eigenvalue weighted by atomic mass is 16.4. The zero-order valence-corrected chi connectivity index (χ0v) is 9.73. The minimum Gasteiger partial charge on any atom is -0.436 e. The second kappa shape index (κ2) is 4.78. The molecule has 0 aliphatic rings. The Balaban J connectivity index is 2.01. The maximum Gasteiger partial charge on any atom is 0.289 e. The first-order valence-corrected chi connectivity index (χ1v) is 5.28. The SMILES string of the molecule is Cc1nc(C)c(C(=O)NCc2cccnc2)o1. The minimum atomic E-state index is -0.257. The molecular weight excluding hydrogens is 218 g/mol. The Bertz CT molecular complexity index is 520. The highest BCUT2D eigenvalue weighted by Crippen LogP contribution is 2.09. The lowest BCUT2D eigenvalue weighted by Gasteiger charge is -2.02. The van der Waals surface area contributed by atoms with E-state index in [1.807, 2.05) is 12.1 Å². The zero-order valence-electron chi connectivity index (χ0n) is 9.73. The number of hydrogen-bond donors (Lipinski definition) is 1. The Morgan fingerprint density at radius 1 is 1.47 bits per heavy atom. The number of aromatic nitrogens is 2. The van der Waals surface area contributed by atoms with E-state index in [-0.39, 0.29) is 11.7 Å². The van der Waals surface area contributed by atoms with E-state index in [9.17, 15) is 4.79 Å². The van der Waals surface area contributed by atoms with Gasteiger partial charge in [-0.1, -0.05) is 6.07 Å². The van der Waals surface area contributed by atoms with Crippen molar-refractivity contribution in [3.63, 3.8) is 0 Å². The normalized spacial score (nSPS) is 10.2. The van der Waals surface area contributed by atoms with E-state index < -0.39 is 0 Å². The summed E-state index contributed by atoms with van der Waals surface area (Å²) in [6, 6.07) is 3.72. The van der Waals surface area contributed by atoms with E-state index in [0.29, 0.717) is 18.1 Å². The van der Waals surface area contributed by atoms with E-state index >= 15 is 0 Å². The van der Waals surface area contributed by atoms with Crippen LogP contribution in [0.4, 0.5) is 0 Å². The van der Waals surface area contributed by atoms with Crippen molar-refractivity contribution in [2.45, 2.75) is 20.4 Å². The fourth-order valence-corrected chi connectivity index (χ4v) is 1.51. The average molecular weight is 231 g/mol. The molecule has 2 aromatic rings. The topological polar surface area (TPSA) is 68.0 Å². The summed E-state index contributed by atoms with van der Waals surface area (Å²) in [5, 5.41) is 2.76. The van der Waals surface area contributed by atoms with Crippen molar-refractivity contribution in [2.24, 2.45) is 0 Å². The fourth-order valence-electron chi connectivity index (χ4n) is 1.51. The van der Waals surface area contributed by atoms with Crippen molar-refractivity contribution in [2.75, 3.05) is 0 Å². The van der Waals surface area contributed by atoms with Crippen LogP contribution in [0.25, 0.3) is 0 Å². The second-order valence-electron chi connectivity index (χ2n) is 3.69. The van der Waals surface area contributed by atoms with E-state index in [4.69, 9.17) is 4.42 Å². The van der Waals surface area contributed by atoms with Crippen LogP contribution in [0.5, 0.6) is 0 Å². The van der Waals surface area contributed by atoms with Gasteiger partial charge < -0.3 is 9.73 Å². The van der Waals surface area contributed by atoms with Gasteiger partial charge in [-0.3, -0.25) is 9.78 Å². The smallest absolute Gasteiger partial charge is 0.289 e. The number of hydrogen-bond acceptors (Lipinski definition) is 4.